The third-order valence-corrected chi connectivity index (χ3v) is 12.3. The zero-order valence-corrected chi connectivity index (χ0v) is 18.6. The summed E-state index contributed by atoms with van der Waals surface area (Å²) in [5, 5.41) is 2.85. The minimum atomic E-state index is -1.74. The fourth-order valence-corrected chi connectivity index (χ4v) is 5.89. The van der Waals surface area contributed by atoms with Crippen LogP contribution in [0, 0.1) is 0 Å². The monoisotopic (exact) mass is 372 g/mol. The molecule has 0 bridgehead atoms. The summed E-state index contributed by atoms with van der Waals surface area (Å²) in [5.74, 6) is 0. The van der Waals surface area contributed by atoms with Crippen molar-refractivity contribution in [2.24, 2.45) is 0 Å². The average Bonchev–Trinajstić information content (AvgIpc) is 2.58. The Morgan fingerprint density at radius 1 is 0.880 bits per heavy atom. The van der Waals surface area contributed by atoms with Crippen molar-refractivity contribution < 1.29 is 8.85 Å². The van der Waals surface area contributed by atoms with Gasteiger partial charge in [-0.1, -0.05) is 81.4 Å². The van der Waals surface area contributed by atoms with E-state index in [1.165, 1.54) is 10.4 Å². The molecule has 0 aliphatic heterocycles. The first-order valence-electron chi connectivity index (χ1n) is 9.10. The fraction of sp³-hybridized carbons (Fsp3) is 0.429. The molecule has 0 saturated carbocycles. The van der Waals surface area contributed by atoms with Crippen LogP contribution in [0.15, 0.2) is 60.7 Å². The molecule has 25 heavy (non-hydrogen) atoms. The van der Waals surface area contributed by atoms with E-state index in [0.29, 0.717) is 6.61 Å². The lowest BCUT2D eigenvalue weighted by molar-refractivity contribution is 0.137. The lowest BCUT2D eigenvalue weighted by atomic mass is 10.2. The van der Waals surface area contributed by atoms with Crippen LogP contribution < -0.4 is 10.4 Å². The molecule has 0 aliphatic carbocycles. The number of rotatable bonds is 7. The third-order valence-electron chi connectivity index (χ3n) is 5.06. The molecule has 0 fully saturated rings. The lowest BCUT2D eigenvalue weighted by Crippen LogP contribution is -2.49. The Bertz CT molecular complexity index is 596. The zero-order chi connectivity index (χ0) is 18.5. The normalized spacial score (nSPS) is 13.9. The second-order valence-electron chi connectivity index (χ2n) is 8.22. The van der Waals surface area contributed by atoms with Crippen molar-refractivity contribution >= 4 is 27.7 Å². The molecule has 136 valence electrons. The first kappa shape index (κ1) is 20.1. The van der Waals surface area contributed by atoms with Gasteiger partial charge in [0.25, 0.3) is 0 Å². The smallest absolute Gasteiger partial charge is 0.240 e. The van der Waals surface area contributed by atoms with Crippen LogP contribution >= 0.6 is 0 Å². The van der Waals surface area contributed by atoms with Crippen LogP contribution in [-0.2, 0) is 8.85 Å². The highest BCUT2D eigenvalue weighted by Crippen LogP contribution is 2.36. The predicted molar refractivity (Wildman–Crippen MR) is 113 cm³/mol. The molecule has 0 N–H and O–H groups in total. The van der Waals surface area contributed by atoms with E-state index in [1.807, 2.05) is 0 Å². The quantitative estimate of drug-likeness (QED) is 0.685. The maximum Gasteiger partial charge on any atom is 0.240 e. The van der Waals surface area contributed by atoms with Crippen molar-refractivity contribution in [3.8, 4) is 0 Å². The van der Waals surface area contributed by atoms with E-state index >= 15 is 0 Å². The van der Waals surface area contributed by atoms with Crippen LogP contribution in [0.2, 0.25) is 18.1 Å². The summed E-state index contributed by atoms with van der Waals surface area (Å²) < 4.78 is 12.9. The maximum absolute atomic E-state index is 6.57. The molecule has 0 aromatic heterocycles. The predicted octanol–water partition coefficient (Wildman–Crippen LogP) is 3.95. The van der Waals surface area contributed by atoms with Crippen LogP contribution in [0.3, 0.4) is 0 Å². The molecule has 1 atom stereocenters. The molecule has 0 spiro atoms. The van der Waals surface area contributed by atoms with Gasteiger partial charge in [0.1, 0.15) is 0 Å². The summed E-state index contributed by atoms with van der Waals surface area (Å²) >= 11 is 0. The molecule has 0 aliphatic rings. The molecular weight excluding hydrogens is 340 g/mol. The van der Waals surface area contributed by atoms with Gasteiger partial charge < -0.3 is 8.85 Å². The van der Waals surface area contributed by atoms with Crippen LogP contribution in [0.4, 0.5) is 0 Å². The Morgan fingerprint density at radius 3 is 1.72 bits per heavy atom. The Hall–Kier alpha value is -1.21. The summed E-state index contributed by atoms with van der Waals surface area (Å²) in [6.07, 6.45) is 0.0891. The van der Waals surface area contributed by atoms with E-state index in [9.17, 15) is 0 Å². The lowest BCUT2D eigenvalue weighted by Gasteiger charge is -2.37. The summed E-state index contributed by atoms with van der Waals surface area (Å²) in [6.45, 7) is 14.2. The van der Waals surface area contributed by atoms with Gasteiger partial charge in [-0.15, -0.1) is 0 Å². The van der Waals surface area contributed by atoms with Gasteiger partial charge in [-0.3, -0.25) is 0 Å². The van der Waals surface area contributed by atoms with Crippen LogP contribution in [-0.4, -0.2) is 30.1 Å². The van der Waals surface area contributed by atoms with E-state index < -0.39 is 17.4 Å². The van der Waals surface area contributed by atoms with Crippen molar-refractivity contribution in [1.82, 2.24) is 0 Å². The average molecular weight is 373 g/mol. The summed E-state index contributed by atoms with van der Waals surface area (Å²) in [4.78, 5) is 0. The molecule has 2 rings (SSSR count). The first-order valence-corrected chi connectivity index (χ1v) is 13.6. The Balaban J connectivity index is 2.10. The van der Waals surface area contributed by atoms with Crippen molar-refractivity contribution in [3.63, 3.8) is 0 Å². The molecule has 0 radical (unpaired) electrons. The Kier molecular flexibility index (Phi) is 6.80. The summed E-state index contributed by atoms with van der Waals surface area (Å²) in [5.41, 5.74) is 0. The van der Waals surface area contributed by atoms with Gasteiger partial charge in [-0.05, 0) is 35.4 Å². The number of benzene rings is 2. The molecule has 1 unspecified atom stereocenters. The highest BCUT2D eigenvalue weighted by Gasteiger charge is 2.37. The second kappa shape index (κ2) is 8.45. The van der Waals surface area contributed by atoms with Gasteiger partial charge in [0, 0.05) is 0 Å². The van der Waals surface area contributed by atoms with Gasteiger partial charge >= 0.3 is 0 Å². The Labute approximate surface area is 156 Å². The minimum absolute atomic E-state index is 0.0891. The van der Waals surface area contributed by atoms with Gasteiger partial charge in [-0.2, -0.15) is 0 Å². The van der Waals surface area contributed by atoms with Gasteiger partial charge in [-0.25, -0.2) is 0 Å². The molecular formula is C21H32O2Si2. The summed E-state index contributed by atoms with van der Waals surface area (Å²) in [7, 11) is -3.44. The second-order valence-corrected chi connectivity index (χ2v) is 15.4. The maximum atomic E-state index is 6.57. The van der Waals surface area contributed by atoms with Crippen LogP contribution in [0.1, 0.15) is 27.7 Å². The van der Waals surface area contributed by atoms with Gasteiger partial charge in [0.05, 0.1) is 12.7 Å². The first-order chi connectivity index (χ1) is 11.7. The van der Waals surface area contributed by atoms with Gasteiger partial charge in [0.2, 0.25) is 9.04 Å². The highest BCUT2D eigenvalue weighted by atomic mass is 28.4. The fourth-order valence-electron chi connectivity index (χ4n) is 2.42. The standard InChI is InChI=1S/C21H32O2Si2/c1-18(17-22-25(5,6)21(2,3)4)23-24(19-13-9-7-10-14-19)20-15-11-8-12-16-20/h7-16,18,24H,17H2,1-6H3. The van der Waals surface area contributed by atoms with Crippen LogP contribution in [0.25, 0.3) is 0 Å². The molecule has 0 amide bonds. The molecule has 4 heteroatoms. The van der Waals surface area contributed by atoms with E-state index in [4.69, 9.17) is 8.85 Å². The molecule has 2 aromatic carbocycles. The van der Waals surface area contributed by atoms with Crippen molar-refractivity contribution in [2.75, 3.05) is 6.61 Å². The van der Waals surface area contributed by atoms with Crippen LogP contribution in [0.5, 0.6) is 0 Å². The third kappa shape index (κ3) is 5.64. The summed E-state index contributed by atoms with van der Waals surface area (Å²) in [6, 6.07) is 21.2. The topological polar surface area (TPSA) is 18.5 Å². The minimum Gasteiger partial charge on any atom is -0.414 e. The van der Waals surface area contributed by atoms with Crippen molar-refractivity contribution in [2.45, 2.75) is 51.9 Å². The molecule has 2 aromatic rings. The molecule has 2 nitrogen and oxygen atoms in total. The Morgan fingerprint density at radius 2 is 1.32 bits per heavy atom. The SMILES string of the molecule is CC(CO[Si](C)(C)C(C)(C)C)O[SiH](c1ccccc1)c1ccccc1. The van der Waals surface area contributed by atoms with Crippen molar-refractivity contribution in [3.05, 3.63) is 60.7 Å². The highest BCUT2D eigenvalue weighted by molar-refractivity contribution is 6.80. The van der Waals surface area contributed by atoms with E-state index in [-0.39, 0.29) is 11.1 Å². The zero-order valence-electron chi connectivity index (χ0n) is 16.5. The largest absolute Gasteiger partial charge is 0.414 e. The number of hydrogen-bond donors (Lipinski definition) is 0. The molecule has 0 heterocycles. The van der Waals surface area contributed by atoms with E-state index in [1.54, 1.807) is 0 Å². The van der Waals surface area contributed by atoms with E-state index in [2.05, 4.69) is 101 Å². The number of hydrogen-bond acceptors (Lipinski definition) is 2. The van der Waals surface area contributed by atoms with E-state index in [0.717, 1.165) is 0 Å². The molecule has 0 saturated heterocycles. The van der Waals surface area contributed by atoms with Crippen molar-refractivity contribution in [1.29, 1.82) is 0 Å². The van der Waals surface area contributed by atoms with Gasteiger partial charge in [0.15, 0.2) is 8.32 Å².